The highest BCUT2D eigenvalue weighted by atomic mass is 16.4. The second-order valence-electron chi connectivity index (χ2n) is 18.0. The number of nitrogens with one attached hydrogen (secondary N) is 2. The molecule has 0 aliphatic carbocycles. The summed E-state index contributed by atoms with van der Waals surface area (Å²) in [6, 6.07) is 27.6. The predicted molar refractivity (Wildman–Crippen MR) is 276 cm³/mol. The highest BCUT2D eigenvalue weighted by Crippen LogP contribution is 2.49. The maximum Gasteiger partial charge on any atom is 0.303 e. The third kappa shape index (κ3) is 8.25. The predicted octanol–water partition coefficient (Wildman–Crippen LogP) is 13.1. The molecule has 70 heavy (non-hydrogen) atoms. The van der Waals surface area contributed by atoms with Gasteiger partial charge in [0.1, 0.15) is 23.0 Å². The van der Waals surface area contributed by atoms with Gasteiger partial charge < -0.3 is 40.6 Å². The van der Waals surface area contributed by atoms with Crippen LogP contribution in [0, 0.1) is 13.8 Å². The number of aromatic hydroxyl groups is 4. The highest BCUT2D eigenvalue weighted by Gasteiger charge is 2.31. The fraction of sp³-hybridized carbons (Fsp3) is 0.207. The number of benzene rings is 4. The SMILES string of the molecule is CCC1=C(C)c2nc1c(-c1ccc(O)cc1)c1[nH]c(c(CCC(=O)O)c1C)c(-c1ccc(O)cc1)c1nc(c(-c3ccc(O)cc3)c3[nH]c(c(CC)c3C)c2-c2ccc(O)cc2)C(C)=C1CCC(=O)O. The zero-order valence-electron chi connectivity index (χ0n) is 39.9. The molecule has 2 aliphatic heterocycles. The highest BCUT2D eigenvalue weighted by molar-refractivity contribution is 6.09. The van der Waals surface area contributed by atoms with Crippen molar-refractivity contribution in [1.29, 1.82) is 0 Å². The van der Waals surface area contributed by atoms with Gasteiger partial charge in [-0.05, 0) is 169 Å². The van der Waals surface area contributed by atoms with Crippen molar-refractivity contribution in [2.24, 2.45) is 0 Å². The number of aromatic nitrogens is 4. The quantitative estimate of drug-likeness (QED) is 0.0580. The normalized spacial score (nSPS) is 12.5. The van der Waals surface area contributed by atoms with Gasteiger partial charge in [0, 0.05) is 35.1 Å². The summed E-state index contributed by atoms with van der Waals surface area (Å²) in [5.74, 6) is -1.69. The first-order chi connectivity index (χ1) is 33.6. The van der Waals surface area contributed by atoms with Gasteiger partial charge in [0.2, 0.25) is 0 Å². The van der Waals surface area contributed by atoms with Crippen LogP contribution in [-0.4, -0.2) is 62.5 Å². The Morgan fingerprint density at radius 1 is 0.429 bits per heavy atom. The van der Waals surface area contributed by atoms with Crippen molar-refractivity contribution in [3.63, 3.8) is 0 Å². The standard InChI is InChI=1S/C58H54N4O8/c1-7-41-29(3)51-47(33-9-17-37(63)18-10-33)53-31(5)43(25-27-45(67)68)57(61-53)50(36-15-23-40(66)24-16-36)58-44(26-28-46(69)70)32(6)54(62-58)49(35-13-21-39(65)22-14-35)56-42(8-2)30(4)52(60-56)48(55(41)59-51)34-11-19-38(64)20-12-34/h9-24,59,62-66H,7-8,25-28H2,1-6H3,(H,67,68)(H,69,70). The van der Waals surface area contributed by atoms with Crippen molar-refractivity contribution in [2.45, 2.75) is 80.1 Å². The van der Waals surface area contributed by atoms with Crippen LogP contribution in [0.25, 0.3) is 88.9 Å². The molecule has 0 amide bonds. The van der Waals surface area contributed by atoms with Crippen LogP contribution in [0.1, 0.15) is 98.4 Å². The molecule has 3 aromatic heterocycles. The average Bonchev–Trinajstić information content (AvgIpc) is 4.04. The summed E-state index contributed by atoms with van der Waals surface area (Å²) in [5, 5.41) is 63.1. The number of aliphatic carboxylic acids is 2. The fourth-order valence-corrected chi connectivity index (χ4v) is 10.3. The molecule has 12 nitrogen and oxygen atoms in total. The van der Waals surface area contributed by atoms with Crippen LogP contribution < -0.4 is 0 Å². The summed E-state index contributed by atoms with van der Waals surface area (Å²) in [7, 11) is 0. The van der Waals surface area contributed by atoms with E-state index in [9.17, 15) is 40.2 Å². The summed E-state index contributed by atoms with van der Waals surface area (Å²) in [6.07, 6.45) is 0.997. The van der Waals surface area contributed by atoms with Crippen molar-refractivity contribution in [1.82, 2.24) is 19.9 Å². The lowest BCUT2D eigenvalue weighted by Gasteiger charge is -2.11. The number of hydrogen-bond acceptors (Lipinski definition) is 8. The molecule has 12 heteroatoms. The Morgan fingerprint density at radius 2 is 0.757 bits per heavy atom. The van der Waals surface area contributed by atoms with Crippen molar-refractivity contribution in [3.05, 3.63) is 142 Å². The zero-order chi connectivity index (χ0) is 49.7. The Balaban J connectivity index is 1.66. The molecule has 5 heterocycles. The molecule has 8 bridgehead atoms. The van der Waals surface area contributed by atoms with Gasteiger partial charge >= 0.3 is 11.9 Å². The van der Waals surface area contributed by atoms with Gasteiger partial charge in [-0.1, -0.05) is 62.4 Å². The van der Waals surface area contributed by atoms with Gasteiger partial charge in [-0.2, -0.15) is 0 Å². The molecule has 0 atom stereocenters. The molecule has 0 unspecified atom stereocenters. The van der Waals surface area contributed by atoms with Gasteiger partial charge in [0.05, 0.1) is 44.8 Å². The first-order valence-corrected chi connectivity index (χ1v) is 23.5. The number of aromatic amines is 2. The van der Waals surface area contributed by atoms with E-state index in [0.717, 1.165) is 66.7 Å². The summed E-state index contributed by atoms with van der Waals surface area (Å²) in [5.41, 5.74) is 17.7. The molecule has 0 radical (unpaired) electrons. The maximum absolute atomic E-state index is 12.5. The summed E-state index contributed by atoms with van der Waals surface area (Å²) >= 11 is 0. The summed E-state index contributed by atoms with van der Waals surface area (Å²) in [4.78, 5) is 44.1. The van der Waals surface area contributed by atoms with Crippen LogP contribution in [0.5, 0.6) is 23.0 Å². The van der Waals surface area contributed by atoms with Crippen molar-refractivity contribution in [3.8, 4) is 67.5 Å². The third-order valence-corrected chi connectivity index (χ3v) is 13.8. The molecule has 0 fully saturated rings. The lowest BCUT2D eigenvalue weighted by molar-refractivity contribution is -0.137. The lowest BCUT2D eigenvalue weighted by Crippen LogP contribution is -2.00. The second kappa shape index (κ2) is 18.6. The zero-order valence-corrected chi connectivity index (χ0v) is 39.9. The monoisotopic (exact) mass is 934 g/mol. The Bertz CT molecular complexity index is 3500. The van der Waals surface area contributed by atoms with E-state index >= 15 is 0 Å². The Labute approximate surface area is 404 Å². The first kappa shape index (κ1) is 46.7. The minimum Gasteiger partial charge on any atom is -0.508 e. The molecule has 354 valence electrons. The third-order valence-electron chi connectivity index (χ3n) is 13.8. The van der Waals surface area contributed by atoms with Gasteiger partial charge in [0.15, 0.2) is 0 Å². The van der Waals surface area contributed by atoms with Crippen molar-refractivity contribution < 1.29 is 40.2 Å². The molecular formula is C58H54N4O8. The number of nitrogens with zero attached hydrogens (tertiary/aromatic N) is 2. The number of rotatable bonds is 12. The Morgan fingerprint density at radius 3 is 1.16 bits per heavy atom. The number of H-pyrrole nitrogens is 2. The molecule has 2 aliphatic rings. The molecule has 0 spiro atoms. The maximum atomic E-state index is 12.5. The van der Waals surface area contributed by atoms with Gasteiger partial charge in [0.25, 0.3) is 0 Å². The summed E-state index contributed by atoms with van der Waals surface area (Å²) in [6.45, 7) is 12.2. The number of allylic oxidation sites excluding steroid dienone is 4. The van der Waals surface area contributed by atoms with Gasteiger partial charge in [-0.3, -0.25) is 9.59 Å². The van der Waals surface area contributed by atoms with E-state index in [-0.39, 0.29) is 48.7 Å². The molecule has 0 saturated heterocycles. The minimum atomic E-state index is -0.994. The molecule has 9 rings (SSSR count). The van der Waals surface area contributed by atoms with E-state index < -0.39 is 11.9 Å². The Kier molecular flexibility index (Phi) is 12.4. The van der Waals surface area contributed by atoms with Crippen LogP contribution in [0.15, 0.2) is 97.1 Å². The number of hydrogen-bond donors (Lipinski definition) is 8. The number of phenolic OH excluding ortho intramolecular Hbond substituents is 4. The van der Waals surface area contributed by atoms with E-state index in [4.69, 9.17) is 9.97 Å². The molecule has 8 N–H and O–H groups in total. The topological polar surface area (TPSA) is 213 Å². The number of carboxylic acid groups (broad SMARTS) is 2. The van der Waals surface area contributed by atoms with Crippen molar-refractivity contribution >= 4 is 56.3 Å². The molecule has 7 aromatic rings. The van der Waals surface area contributed by atoms with E-state index in [2.05, 4.69) is 37.7 Å². The van der Waals surface area contributed by atoms with Crippen molar-refractivity contribution in [2.75, 3.05) is 0 Å². The average molecular weight is 935 g/mol. The lowest BCUT2D eigenvalue weighted by atomic mass is 9.91. The van der Waals surface area contributed by atoms with E-state index in [1.165, 1.54) is 0 Å². The number of carbonyl (C=O) groups is 2. The molecule has 0 saturated carbocycles. The molecule has 4 aromatic carbocycles. The van der Waals surface area contributed by atoms with Crippen LogP contribution >= 0.6 is 0 Å². The molecular weight excluding hydrogens is 881 g/mol. The number of fused-ring (bicyclic) bond motifs is 8. The van der Waals surface area contributed by atoms with Crippen LogP contribution in [0.4, 0.5) is 0 Å². The smallest absolute Gasteiger partial charge is 0.303 e. The number of aryl methyl sites for hydroxylation is 4. The van der Waals surface area contributed by atoms with Crippen LogP contribution in [0.2, 0.25) is 0 Å². The van der Waals surface area contributed by atoms with Crippen LogP contribution in [0.3, 0.4) is 0 Å². The minimum absolute atomic E-state index is 0.0325. The number of carboxylic acids is 2. The van der Waals surface area contributed by atoms with E-state index in [1.54, 1.807) is 60.7 Å². The summed E-state index contributed by atoms with van der Waals surface area (Å²) < 4.78 is 0. The van der Waals surface area contributed by atoms with E-state index in [0.29, 0.717) is 80.0 Å². The van der Waals surface area contributed by atoms with Crippen LogP contribution in [-0.2, 0) is 22.4 Å². The van der Waals surface area contributed by atoms with Gasteiger partial charge in [-0.25, -0.2) is 9.97 Å². The fourth-order valence-electron chi connectivity index (χ4n) is 10.3. The number of phenols is 4. The van der Waals surface area contributed by atoms with E-state index in [1.807, 2.05) is 50.2 Å². The second-order valence-corrected chi connectivity index (χ2v) is 18.0. The largest absolute Gasteiger partial charge is 0.508 e. The Hall–Kier alpha value is -8.38. The first-order valence-electron chi connectivity index (χ1n) is 23.5. The van der Waals surface area contributed by atoms with Gasteiger partial charge in [-0.15, -0.1) is 0 Å².